The van der Waals surface area contributed by atoms with Gasteiger partial charge >= 0.3 is 5.97 Å². The van der Waals surface area contributed by atoms with Gasteiger partial charge in [0.2, 0.25) is 0 Å². The lowest BCUT2D eigenvalue weighted by Crippen LogP contribution is -2.48. The van der Waals surface area contributed by atoms with E-state index in [4.69, 9.17) is 4.74 Å². The molecule has 22 heavy (non-hydrogen) atoms. The molecule has 0 aromatic carbocycles. The molecule has 3 saturated carbocycles. The van der Waals surface area contributed by atoms with E-state index in [1.54, 1.807) is 0 Å². The Morgan fingerprint density at radius 3 is 2.41 bits per heavy atom. The van der Waals surface area contributed by atoms with Crippen LogP contribution in [0.3, 0.4) is 0 Å². The van der Waals surface area contributed by atoms with Crippen LogP contribution in [0.2, 0.25) is 0 Å². The molecule has 5 aliphatic rings. The molecule has 0 aromatic heterocycles. The number of carbonyl (C=O) groups is 1. The molecule has 3 aliphatic carbocycles. The summed E-state index contributed by atoms with van der Waals surface area (Å²) in [7, 11) is 0. The third-order valence-electron chi connectivity index (χ3n) is 7.51. The van der Waals surface area contributed by atoms with E-state index in [1.807, 2.05) is 6.92 Å². The van der Waals surface area contributed by atoms with Crippen LogP contribution in [0, 0.1) is 23.7 Å². The van der Waals surface area contributed by atoms with E-state index in [0.29, 0.717) is 12.1 Å². The van der Waals surface area contributed by atoms with Gasteiger partial charge < -0.3 is 4.74 Å². The minimum atomic E-state index is -0.126. The molecule has 2 heterocycles. The second-order valence-electron chi connectivity index (χ2n) is 8.64. The lowest BCUT2D eigenvalue weighted by atomic mass is 9.69. The number of fused-ring (bicyclic) bond motifs is 3. The van der Waals surface area contributed by atoms with Crippen molar-refractivity contribution in [3.8, 4) is 0 Å². The summed E-state index contributed by atoms with van der Waals surface area (Å²) in [4.78, 5) is 12.8. The third-order valence-corrected chi connectivity index (χ3v) is 7.51. The molecule has 4 heteroatoms. The molecule has 4 unspecified atom stereocenters. The smallest absolute Gasteiger partial charge is 0.312 e. The minimum absolute atomic E-state index is 0.0321. The van der Waals surface area contributed by atoms with E-state index in [1.165, 1.54) is 44.9 Å². The van der Waals surface area contributed by atoms with Gasteiger partial charge in [-0.3, -0.25) is 15.4 Å². The second-order valence-corrected chi connectivity index (χ2v) is 8.64. The van der Waals surface area contributed by atoms with Gasteiger partial charge in [0.1, 0.15) is 11.3 Å². The summed E-state index contributed by atoms with van der Waals surface area (Å²) in [6.07, 6.45) is 11.9. The molecule has 2 N–H and O–H groups in total. The second kappa shape index (κ2) is 4.47. The molecule has 122 valence electrons. The van der Waals surface area contributed by atoms with Crippen molar-refractivity contribution in [2.45, 2.75) is 82.1 Å². The molecule has 2 bridgehead atoms. The lowest BCUT2D eigenvalue weighted by molar-refractivity contribution is -0.180. The third kappa shape index (κ3) is 1.86. The largest absolute Gasteiger partial charge is 0.458 e. The van der Waals surface area contributed by atoms with E-state index in [0.717, 1.165) is 24.7 Å². The first-order valence-corrected chi connectivity index (χ1v) is 9.41. The van der Waals surface area contributed by atoms with Gasteiger partial charge in [-0.15, -0.1) is 0 Å². The fraction of sp³-hybridized carbons (Fsp3) is 0.944. The minimum Gasteiger partial charge on any atom is -0.458 e. The Bertz CT molecular complexity index is 493. The number of rotatable bonds is 4. The zero-order chi connectivity index (χ0) is 14.9. The highest BCUT2D eigenvalue weighted by Crippen LogP contribution is 2.56. The molecule has 0 radical (unpaired) electrons. The Kier molecular flexibility index (Phi) is 2.81. The highest BCUT2D eigenvalue weighted by atomic mass is 16.6. The number of hydrogen-bond acceptors (Lipinski definition) is 4. The van der Waals surface area contributed by atoms with E-state index >= 15 is 0 Å². The van der Waals surface area contributed by atoms with Gasteiger partial charge in [-0.25, -0.2) is 0 Å². The first-order valence-electron chi connectivity index (χ1n) is 9.41. The molecule has 5 rings (SSSR count). The van der Waals surface area contributed by atoms with E-state index in [9.17, 15) is 4.79 Å². The fourth-order valence-corrected chi connectivity index (χ4v) is 5.96. The van der Waals surface area contributed by atoms with Crippen molar-refractivity contribution in [2.75, 3.05) is 0 Å². The molecule has 0 amide bonds. The van der Waals surface area contributed by atoms with Crippen LogP contribution in [0.25, 0.3) is 0 Å². The zero-order valence-corrected chi connectivity index (χ0v) is 13.6. The van der Waals surface area contributed by atoms with Crippen LogP contribution >= 0.6 is 0 Å². The molecule has 2 aliphatic heterocycles. The van der Waals surface area contributed by atoms with Gasteiger partial charge in [0.05, 0.1) is 12.1 Å². The molecule has 4 nitrogen and oxygen atoms in total. The first-order chi connectivity index (χ1) is 10.6. The van der Waals surface area contributed by atoms with Crippen LogP contribution < -0.4 is 10.6 Å². The van der Waals surface area contributed by atoms with Gasteiger partial charge in [0.25, 0.3) is 0 Å². The summed E-state index contributed by atoms with van der Waals surface area (Å²) in [6.45, 7) is 2.02. The Hall–Kier alpha value is -0.610. The maximum Gasteiger partial charge on any atom is 0.312 e. The zero-order valence-electron chi connectivity index (χ0n) is 13.6. The average molecular weight is 304 g/mol. The van der Waals surface area contributed by atoms with Gasteiger partial charge in [-0.2, -0.15) is 0 Å². The number of esters is 1. The van der Waals surface area contributed by atoms with Crippen molar-refractivity contribution in [3.05, 3.63) is 0 Å². The van der Waals surface area contributed by atoms with Crippen molar-refractivity contribution in [3.63, 3.8) is 0 Å². The first kappa shape index (κ1) is 13.8. The summed E-state index contributed by atoms with van der Waals surface area (Å²) < 4.78 is 6.35. The molecule has 5 fully saturated rings. The SMILES string of the molecule is CC(C(=O)OC1(C2CC3CCC2C3)CCCCC1)C12NC1N2. The van der Waals surface area contributed by atoms with Crippen molar-refractivity contribution in [2.24, 2.45) is 23.7 Å². The van der Waals surface area contributed by atoms with E-state index in [2.05, 4.69) is 10.6 Å². The van der Waals surface area contributed by atoms with E-state index in [-0.39, 0.29) is 23.2 Å². The molecular formula is C18H28N2O2. The highest BCUT2D eigenvalue weighted by Gasteiger charge is 2.75. The summed E-state index contributed by atoms with van der Waals surface area (Å²) in [5.74, 6) is 2.37. The Balaban J connectivity index is 1.35. The lowest BCUT2D eigenvalue weighted by Gasteiger charge is -2.45. The van der Waals surface area contributed by atoms with Crippen LogP contribution in [0.1, 0.15) is 64.7 Å². The Morgan fingerprint density at radius 1 is 1.14 bits per heavy atom. The van der Waals surface area contributed by atoms with Gasteiger partial charge in [-0.05, 0) is 63.7 Å². The summed E-state index contributed by atoms with van der Waals surface area (Å²) in [5, 5.41) is 6.65. The van der Waals surface area contributed by atoms with Crippen LogP contribution in [-0.4, -0.2) is 23.4 Å². The summed E-state index contributed by atoms with van der Waals surface area (Å²) in [5.41, 5.74) is -0.221. The number of ether oxygens (including phenoxy) is 1. The maximum absolute atomic E-state index is 12.8. The summed E-state index contributed by atoms with van der Waals surface area (Å²) in [6, 6.07) is 0. The number of hydrogen-bond donors (Lipinski definition) is 2. The van der Waals surface area contributed by atoms with Gasteiger partial charge in [0, 0.05) is 5.92 Å². The predicted molar refractivity (Wildman–Crippen MR) is 82.8 cm³/mol. The van der Waals surface area contributed by atoms with Gasteiger partial charge in [-0.1, -0.05) is 12.8 Å². The van der Waals surface area contributed by atoms with Crippen LogP contribution in [-0.2, 0) is 9.53 Å². The molecule has 0 aromatic rings. The average Bonchev–Trinajstić information content (AvgIpc) is 3.27. The van der Waals surface area contributed by atoms with Crippen LogP contribution in [0.5, 0.6) is 0 Å². The quantitative estimate of drug-likeness (QED) is 0.618. The standard InChI is InChI=1S/C18H28N2O2/c1-11(18-16(19-18)20-18)15(21)22-17(7-3-2-4-8-17)14-10-12-5-6-13(14)9-12/h11-14,16,19-20H,2-10H2,1H3. The maximum atomic E-state index is 12.8. The molecule has 0 spiro atoms. The number of nitrogens with one attached hydrogen (secondary N) is 2. The summed E-state index contributed by atoms with van der Waals surface area (Å²) >= 11 is 0. The topological polar surface area (TPSA) is 70.2 Å². The van der Waals surface area contributed by atoms with Crippen molar-refractivity contribution < 1.29 is 9.53 Å². The van der Waals surface area contributed by atoms with Crippen molar-refractivity contribution >= 4 is 5.97 Å². The Morgan fingerprint density at radius 2 is 1.86 bits per heavy atom. The predicted octanol–water partition coefficient (Wildman–Crippen LogP) is 2.53. The van der Waals surface area contributed by atoms with Crippen molar-refractivity contribution in [1.29, 1.82) is 0 Å². The van der Waals surface area contributed by atoms with Gasteiger partial charge in [0.15, 0.2) is 0 Å². The van der Waals surface area contributed by atoms with E-state index < -0.39 is 0 Å². The molecule has 4 atom stereocenters. The Labute approximate surface area is 132 Å². The van der Waals surface area contributed by atoms with Crippen LogP contribution in [0.15, 0.2) is 0 Å². The molecule has 2 saturated heterocycles. The monoisotopic (exact) mass is 304 g/mol. The number of carbonyl (C=O) groups excluding carboxylic acids is 1. The van der Waals surface area contributed by atoms with Crippen LogP contribution in [0.4, 0.5) is 0 Å². The normalized spacial score (nSPS) is 48.6. The van der Waals surface area contributed by atoms with Crippen molar-refractivity contribution in [1.82, 2.24) is 10.6 Å². The highest BCUT2D eigenvalue weighted by molar-refractivity contribution is 5.76. The molecular weight excluding hydrogens is 276 g/mol. The fourth-order valence-electron chi connectivity index (χ4n) is 5.96.